The van der Waals surface area contributed by atoms with Crippen LogP contribution in [-0.4, -0.2) is 16.1 Å². The van der Waals surface area contributed by atoms with Crippen LogP contribution in [0.2, 0.25) is 5.02 Å². The van der Waals surface area contributed by atoms with Crippen molar-refractivity contribution in [2.75, 3.05) is 5.32 Å². The maximum atomic E-state index is 11.9. The van der Waals surface area contributed by atoms with E-state index < -0.39 is 0 Å². The summed E-state index contributed by atoms with van der Waals surface area (Å²) in [6, 6.07) is 6.92. The van der Waals surface area contributed by atoms with E-state index in [0.29, 0.717) is 20.9 Å². The van der Waals surface area contributed by atoms with Gasteiger partial charge in [-0.3, -0.25) is 9.89 Å². The van der Waals surface area contributed by atoms with Crippen molar-refractivity contribution >= 4 is 39.3 Å². The van der Waals surface area contributed by atoms with Gasteiger partial charge in [-0.15, -0.1) is 0 Å². The lowest BCUT2D eigenvalue weighted by Crippen LogP contribution is -2.12. The lowest BCUT2D eigenvalue weighted by Gasteiger charge is -2.05. The molecule has 0 bridgehead atoms. The highest BCUT2D eigenvalue weighted by Crippen LogP contribution is 2.26. The molecule has 6 heteroatoms. The molecule has 2 aromatic rings. The van der Waals surface area contributed by atoms with Crippen LogP contribution >= 0.6 is 27.5 Å². The number of halogens is 2. The number of aromatic nitrogens is 2. The van der Waals surface area contributed by atoms with Gasteiger partial charge in [0.25, 0.3) is 5.91 Å². The lowest BCUT2D eigenvalue weighted by molar-refractivity contribution is 0.102. The Morgan fingerprint density at radius 3 is 2.94 bits per heavy atom. The number of rotatable bonds is 2. The summed E-state index contributed by atoms with van der Waals surface area (Å²) < 4.78 is 0.685. The number of nitrogens with zero attached hydrogens (tertiary/aromatic N) is 1. The summed E-state index contributed by atoms with van der Waals surface area (Å²) in [5.41, 5.74) is 1.28. The molecule has 1 heterocycles. The zero-order chi connectivity index (χ0) is 12.4. The van der Waals surface area contributed by atoms with E-state index in [0.717, 1.165) is 5.69 Å². The van der Waals surface area contributed by atoms with E-state index in [4.69, 9.17) is 11.6 Å². The summed E-state index contributed by atoms with van der Waals surface area (Å²) in [7, 11) is 0. The third-order valence-corrected chi connectivity index (χ3v) is 3.44. The minimum absolute atomic E-state index is 0.289. The second-order valence-electron chi connectivity index (χ2n) is 3.49. The summed E-state index contributed by atoms with van der Waals surface area (Å²) in [6.07, 6.45) is 0. The molecule has 0 unspecified atom stereocenters. The van der Waals surface area contributed by atoms with Crippen LogP contribution in [0.25, 0.3) is 0 Å². The fourth-order valence-electron chi connectivity index (χ4n) is 1.34. The molecule has 1 aromatic heterocycles. The normalized spacial score (nSPS) is 10.3. The third kappa shape index (κ3) is 2.68. The van der Waals surface area contributed by atoms with Crippen molar-refractivity contribution in [2.45, 2.75) is 6.92 Å². The molecule has 0 aliphatic rings. The first-order valence-corrected chi connectivity index (χ1v) is 6.02. The molecular formula is C11H9BrClN3O. The van der Waals surface area contributed by atoms with Gasteiger partial charge in [0.1, 0.15) is 0 Å². The van der Waals surface area contributed by atoms with Crippen LogP contribution in [0, 0.1) is 6.92 Å². The molecule has 2 N–H and O–H groups in total. The Balaban J connectivity index is 2.23. The molecule has 4 nitrogen and oxygen atoms in total. The number of hydrogen-bond acceptors (Lipinski definition) is 2. The fraction of sp³-hybridized carbons (Fsp3) is 0.0909. The van der Waals surface area contributed by atoms with Gasteiger partial charge < -0.3 is 5.32 Å². The number of aromatic amines is 1. The predicted molar refractivity (Wildman–Crippen MR) is 70.4 cm³/mol. The van der Waals surface area contributed by atoms with E-state index in [9.17, 15) is 4.79 Å². The van der Waals surface area contributed by atoms with Gasteiger partial charge in [0.2, 0.25) is 0 Å². The van der Waals surface area contributed by atoms with Crippen LogP contribution in [0.3, 0.4) is 0 Å². The van der Waals surface area contributed by atoms with E-state index in [2.05, 4.69) is 31.4 Å². The molecule has 0 atom stereocenters. The Bertz CT molecular complexity index is 568. The van der Waals surface area contributed by atoms with Crippen molar-refractivity contribution in [2.24, 2.45) is 0 Å². The van der Waals surface area contributed by atoms with Crippen LogP contribution in [0.5, 0.6) is 0 Å². The first kappa shape index (κ1) is 12.1. The second kappa shape index (κ2) is 4.89. The van der Waals surface area contributed by atoms with Crippen molar-refractivity contribution in [3.05, 3.63) is 45.0 Å². The van der Waals surface area contributed by atoms with Gasteiger partial charge in [-0.1, -0.05) is 17.7 Å². The van der Waals surface area contributed by atoms with Crippen molar-refractivity contribution < 1.29 is 4.79 Å². The SMILES string of the molecule is Cc1cc(NC(=O)c2cccc(Br)c2Cl)n[nH]1. The number of aryl methyl sites for hydroxylation is 1. The molecule has 0 saturated carbocycles. The van der Waals surface area contributed by atoms with Gasteiger partial charge in [-0.2, -0.15) is 5.10 Å². The molecular weight excluding hydrogens is 305 g/mol. The van der Waals surface area contributed by atoms with Crippen LogP contribution in [0.15, 0.2) is 28.7 Å². The Kier molecular flexibility index (Phi) is 3.49. The van der Waals surface area contributed by atoms with Crippen molar-refractivity contribution in [3.63, 3.8) is 0 Å². The Hall–Kier alpha value is -1.33. The molecule has 0 aliphatic carbocycles. The van der Waals surface area contributed by atoms with Gasteiger partial charge in [-0.05, 0) is 35.0 Å². The Labute approximate surface area is 111 Å². The number of carbonyl (C=O) groups is 1. The highest BCUT2D eigenvalue weighted by Gasteiger charge is 2.13. The number of hydrogen-bond donors (Lipinski definition) is 2. The van der Waals surface area contributed by atoms with Crippen molar-refractivity contribution in [3.8, 4) is 0 Å². The van der Waals surface area contributed by atoms with E-state index in [1.807, 2.05) is 6.92 Å². The largest absolute Gasteiger partial charge is 0.305 e. The standard InChI is InChI=1S/C11H9BrClN3O/c1-6-5-9(16-15-6)14-11(17)7-3-2-4-8(12)10(7)13/h2-5H,1H3,(H2,14,15,16,17). The zero-order valence-corrected chi connectivity index (χ0v) is 11.3. The highest BCUT2D eigenvalue weighted by molar-refractivity contribution is 9.10. The molecule has 0 saturated heterocycles. The van der Waals surface area contributed by atoms with Gasteiger partial charge in [-0.25, -0.2) is 0 Å². The molecule has 0 aliphatic heterocycles. The molecule has 1 aromatic carbocycles. The van der Waals surface area contributed by atoms with Crippen LogP contribution in [0.1, 0.15) is 16.1 Å². The van der Waals surface area contributed by atoms with Crippen molar-refractivity contribution in [1.82, 2.24) is 10.2 Å². The van der Waals surface area contributed by atoms with Gasteiger partial charge in [0, 0.05) is 16.2 Å². The number of nitrogens with one attached hydrogen (secondary N) is 2. The molecule has 0 spiro atoms. The smallest absolute Gasteiger partial charge is 0.258 e. The average molecular weight is 315 g/mol. The number of H-pyrrole nitrogens is 1. The minimum atomic E-state index is -0.289. The summed E-state index contributed by atoms with van der Waals surface area (Å²) in [5, 5.41) is 9.71. The van der Waals surface area contributed by atoms with E-state index in [-0.39, 0.29) is 5.91 Å². The van der Waals surface area contributed by atoms with E-state index >= 15 is 0 Å². The summed E-state index contributed by atoms with van der Waals surface area (Å²) in [5.74, 6) is 0.186. The molecule has 0 radical (unpaired) electrons. The minimum Gasteiger partial charge on any atom is -0.305 e. The molecule has 88 valence electrons. The Morgan fingerprint density at radius 2 is 2.29 bits per heavy atom. The number of carbonyl (C=O) groups excluding carboxylic acids is 1. The molecule has 1 amide bonds. The van der Waals surface area contributed by atoms with Gasteiger partial charge in [0.05, 0.1) is 10.6 Å². The zero-order valence-electron chi connectivity index (χ0n) is 8.92. The van der Waals surface area contributed by atoms with Crippen LogP contribution in [0.4, 0.5) is 5.82 Å². The molecule has 17 heavy (non-hydrogen) atoms. The number of benzene rings is 1. The molecule has 2 rings (SSSR count). The Morgan fingerprint density at radius 1 is 1.53 bits per heavy atom. The van der Waals surface area contributed by atoms with Crippen LogP contribution < -0.4 is 5.32 Å². The van der Waals surface area contributed by atoms with Gasteiger partial charge >= 0.3 is 0 Å². The summed E-state index contributed by atoms with van der Waals surface area (Å²) in [6.45, 7) is 1.86. The maximum Gasteiger partial charge on any atom is 0.258 e. The average Bonchev–Trinajstić information content (AvgIpc) is 2.68. The monoisotopic (exact) mass is 313 g/mol. The second-order valence-corrected chi connectivity index (χ2v) is 4.72. The highest BCUT2D eigenvalue weighted by atomic mass is 79.9. The third-order valence-electron chi connectivity index (χ3n) is 2.14. The predicted octanol–water partition coefficient (Wildman–Crippen LogP) is 3.39. The van der Waals surface area contributed by atoms with Crippen LogP contribution in [-0.2, 0) is 0 Å². The summed E-state index contributed by atoms with van der Waals surface area (Å²) >= 11 is 9.29. The van der Waals surface area contributed by atoms with E-state index in [1.165, 1.54) is 0 Å². The quantitative estimate of drug-likeness (QED) is 0.892. The molecule has 0 fully saturated rings. The maximum absolute atomic E-state index is 11.9. The number of anilines is 1. The topological polar surface area (TPSA) is 57.8 Å². The fourth-order valence-corrected chi connectivity index (χ4v) is 1.92. The first-order valence-electron chi connectivity index (χ1n) is 4.85. The lowest BCUT2D eigenvalue weighted by atomic mass is 10.2. The van der Waals surface area contributed by atoms with Crippen molar-refractivity contribution in [1.29, 1.82) is 0 Å². The van der Waals surface area contributed by atoms with Gasteiger partial charge in [0.15, 0.2) is 5.82 Å². The number of amides is 1. The van der Waals surface area contributed by atoms with E-state index in [1.54, 1.807) is 24.3 Å². The first-order chi connectivity index (χ1) is 8.08. The summed E-state index contributed by atoms with van der Waals surface area (Å²) in [4.78, 5) is 11.9.